The zero-order valence-electron chi connectivity index (χ0n) is 10.9. The predicted molar refractivity (Wildman–Crippen MR) is 71.1 cm³/mol. The molecule has 3 rings (SSSR count). The van der Waals surface area contributed by atoms with Gasteiger partial charge < -0.3 is 14.8 Å². The second-order valence-corrected chi connectivity index (χ2v) is 5.47. The zero-order valence-corrected chi connectivity index (χ0v) is 10.9. The summed E-state index contributed by atoms with van der Waals surface area (Å²) in [5.74, 6) is 0.999. The lowest BCUT2D eigenvalue weighted by Gasteiger charge is -2.44. The van der Waals surface area contributed by atoms with Gasteiger partial charge in [-0.3, -0.25) is 0 Å². The van der Waals surface area contributed by atoms with Crippen LogP contribution in [0.15, 0.2) is 24.3 Å². The van der Waals surface area contributed by atoms with Crippen molar-refractivity contribution in [1.29, 1.82) is 0 Å². The molecule has 1 aromatic carbocycles. The fourth-order valence-corrected chi connectivity index (χ4v) is 3.22. The van der Waals surface area contributed by atoms with Crippen LogP contribution in [0.3, 0.4) is 0 Å². The van der Waals surface area contributed by atoms with Crippen molar-refractivity contribution in [3.8, 4) is 5.75 Å². The van der Waals surface area contributed by atoms with Gasteiger partial charge in [0.2, 0.25) is 0 Å². The minimum Gasteiger partial charge on any atom is -0.496 e. The van der Waals surface area contributed by atoms with E-state index in [0.717, 1.165) is 31.9 Å². The Bertz CT molecular complexity index is 409. The molecule has 3 heteroatoms. The third kappa shape index (κ3) is 2.02. The molecule has 2 fully saturated rings. The zero-order chi connectivity index (χ0) is 12.4. The number of benzene rings is 1. The Balaban J connectivity index is 1.85. The van der Waals surface area contributed by atoms with E-state index in [9.17, 15) is 0 Å². The molecule has 1 aromatic rings. The van der Waals surface area contributed by atoms with Gasteiger partial charge in [0.15, 0.2) is 0 Å². The molecule has 3 nitrogen and oxygen atoms in total. The van der Waals surface area contributed by atoms with Crippen LogP contribution in [-0.2, 0) is 10.2 Å². The summed E-state index contributed by atoms with van der Waals surface area (Å²) in [7, 11) is 1.75. The van der Waals surface area contributed by atoms with E-state index in [1.807, 2.05) is 6.07 Å². The highest BCUT2D eigenvalue weighted by Crippen LogP contribution is 2.42. The first kappa shape index (κ1) is 12.0. The van der Waals surface area contributed by atoms with E-state index in [2.05, 4.69) is 23.5 Å². The Morgan fingerprint density at radius 3 is 2.83 bits per heavy atom. The van der Waals surface area contributed by atoms with Gasteiger partial charge >= 0.3 is 0 Å². The second-order valence-electron chi connectivity index (χ2n) is 5.47. The van der Waals surface area contributed by atoms with Crippen LogP contribution in [0.4, 0.5) is 0 Å². The molecule has 18 heavy (non-hydrogen) atoms. The topological polar surface area (TPSA) is 30.5 Å². The molecule has 1 N–H and O–H groups in total. The second kappa shape index (κ2) is 4.90. The highest BCUT2D eigenvalue weighted by Gasteiger charge is 2.44. The molecule has 0 saturated carbocycles. The highest BCUT2D eigenvalue weighted by atomic mass is 16.5. The molecule has 1 atom stereocenters. The van der Waals surface area contributed by atoms with E-state index in [-0.39, 0.29) is 5.41 Å². The number of methoxy groups -OCH3 is 1. The summed E-state index contributed by atoms with van der Waals surface area (Å²) >= 11 is 0. The number of nitrogens with one attached hydrogen (secondary N) is 1. The first-order valence-electron chi connectivity index (χ1n) is 6.79. The van der Waals surface area contributed by atoms with Gasteiger partial charge in [-0.1, -0.05) is 18.2 Å². The Morgan fingerprint density at radius 2 is 2.22 bits per heavy atom. The average molecular weight is 247 g/mol. The van der Waals surface area contributed by atoms with Crippen LogP contribution < -0.4 is 10.1 Å². The fourth-order valence-electron chi connectivity index (χ4n) is 3.22. The maximum atomic E-state index is 5.52. The van der Waals surface area contributed by atoms with Crippen molar-refractivity contribution in [3.05, 3.63) is 29.8 Å². The predicted octanol–water partition coefficient (Wildman–Crippen LogP) is 2.11. The summed E-state index contributed by atoms with van der Waals surface area (Å²) in [6.45, 7) is 2.81. The van der Waals surface area contributed by atoms with Gasteiger partial charge in [0.1, 0.15) is 5.75 Å². The van der Waals surface area contributed by atoms with Gasteiger partial charge in [-0.05, 0) is 31.9 Å². The lowest BCUT2D eigenvalue weighted by molar-refractivity contribution is -0.0688. The van der Waals surface area contributed by atoms with Crippen molar-refractivity contribution in [3.63, 3.8) is 0 Å². The van der Waals surface area contributed by atoms with Gasteiger partial charge in [-0.25, -0.2) is 0 Å². The molecule has 0 spiro atoms. The summed E-state index contributed by atoms with van der Waals surface area (Å²) in [6.07, 6.45) is 3.75. The highest BCUT2D eigenvalue weighted by molar-refractivity contribution is 5.41. The Hall–Kier alpha value is -1.06. The third-order valence-electron chi connectivity index (χ3n) is 4.23. The van der Waals surface area contributed by atoms with Gasteiger partial charge in [0.25, 0.3) is 0 Å². The number of hydrogen-bond acceptors (Lipinski definition) is 3. The van der Waals surface area contributed by atoms with Crippen molar-refractivity contribution in [1.82, 2.24) is 5.32 Å². The Morgan fingerprint density at radius 1 is 1.39 bits per heavy atom. The molecule has 1 unspecified atom stereocenters. The number of ether oxygens (including phenoxy) is 2. The van der Waals surface area contributed by atoms with Crippen molar-refractivity contribution in [2.24, 2.45) is 0 Å². The van der Waals surface area contributed by atoms with Crippen molar-refractivity contribution < 1.29 is 9.47 Å². The summed E-state index contributed by atoms with van der Waals surface area (Å²) in [6, 6.07) is 9.01. The van der Waals surface area contributed by atoms with Crippen molar-refractivity contribution >= 4 is 0 Å². The van der Waals surface area contributed by atoms with E-state index in [1.165, 1.54) is 18.4 Å². The van der Waals surface area contributed by atoms with E-state index in [0.29, 0.717) is 6.04 Å². The van der Waals surface area contributed by atoms with E-state index in [1.54, 1.807) is 7.11 Å². The smallest absolute Gasteiger partial charge is 0.122 e. The summed E-state index contributed by atoms with van der Waals surface area (Å²) in [5.41, 5.74) is 1.47. The third-order valence-corrected chi connectivity index (χ3v) is 4.23. The van der Waals surface area contributed by atoms with Crippen LogP contribution in [0.1, 0.15) is 24.8 Å². The van der Waals surface area contributed by atoms with E-state index >= 15 is 0 Å². The lowest BCUT2D eigenvalue weighted by atomic mass is 9.73. The molecule has 0 bridgehead atoms. The monoisotopic (exact) mass is 247 g/mol. The maximum absolute atomic E-state index is 5.52. The number of para-hydroxylation sites is 1. The molecular formula is C15H21NO2. The van der Waals surface area contributed by atoms with Gasteiger partial charge in [-0.15, -0.1) is 0 Å². The van der Waals surface area contributed by atoms with Crippen LogP contribution in [-0.4, -0.2) is 32.9 Å². The molecule has 2 saturated heterocycles. The minimum absolute atomic E-state index is 0.161. The largest absolute Gasteiger partial charge is 0.496 e. The fraction of sp³-hybridized carbons (Fsp3) is 0.600. The van der Waals surface area contributed by atoms with Crippen LogP contribution in [0.2, 0.25) is 0 Å². The molecule has 2 heterocycles. The minimum atomic E-state index is 0.161. The van der Waals surface area contributed by atoms with E-state index in [4.69, 9.17) is 9.47 Å². The van der Waals surface area contributed by atoms with Crippen molar-refractivity contribution in [2.75, 3.05) is 26.9 Å². The first-order chi connectivity index (χ1) is 8.84. The van der Waals surface area contributed by atoms with Gasteiger partial charge in [0.05, 0.1) is 20.3 Å². The first-order valence-corrected chi connectivity index (χ1v) is 6.79. The molecule has 98 valence electrons. The molecule has 2 aliphatic rings. The quantitative estimate of drug-likeness (QED) is 0.884. The SMILES string of the molecule is COc1ccccc1C1(CC2CCCN2)COC1. The summed E-state index contributed by atoms with van der Waals surface area (Å²) < 4.78 is 11.0. The summed E-state index contributed by atoms with van der Waals surface area (Å²) in [4.78, 5) is 0. The molecule has 0 amide bonds. The lowest BCUT2D eigenvalue weighted by Crippen LogP contribution is -2.50. The average Bonchev–Trinajstić information content (AvgIpc) is 2.86. The molecular weight excluding hydrogens is 226 g/mol. The van der Waals surface area contributed by atoms with Crippen molar-refractivity contribution in [2.45, 2.75) is 30.7 Å². The maximum Gasteiger partial charge on any atom is 0.122 e. The standard InChI is InChI=1S/C15H21NO2/c1-17-14-7-3-2-6-13(14)15(10-18-11-15)9-12-5-4-8-16-12/h2-3,6-7,12,16H,4-5,8-11H2,1H3. The van der Waals surface area contributed by atoms with E-state index < -0.39 is 0 Å². The van der Waals surface area contributed by atoms with Crippen LogP contribution >= 0.6 is 0 Å². The van der Waals surface area contributed by atoms with Crippen LogP contribution in [0.5, 0.6) is 5.75 Å². The number of hydrogen-bond donors (Lipinski definition) is 1. The Labute approximate surface area is 108 Å². The molecule has 2 aliphatic heterocycles. The summed E-state index contributed by atoms with van der Waals surface area (Å²) in [5, 5.41) is 3.59. The normalized spacial score (nSPS) is 25.7. The van der Waals surface area contributed by atoms with Crippen LogP contribution in [0, 0.1) is 0 Å². The van der Waals surface area contributed by atoms with Crippen LogP contribution in [0.25, 0.3) is 0 Å². The molecule has 0 aromatic heterocycles. The Kier molecular flexibility index (Phi) is 3.27. The van der Waals surface area contributed by atoms with Gasteiger partial charge in [0, 0.05) is 17.0 Å². The molecule has 0 radical (unpaired) electrons. The molecule has 0 aliphatic carbocycles. The van der Waals surface area contributed by atoms with Gasteiger partial charge in [-0.2, -0.15) is 0 Å². The number of rotatable bonds is 4.